The molecule has 0 saturated carbocycles. The first-order valence-electron chi connectivity index (χ1n) is 5.91. The number of carbonyl (C=O) groups excluding carboxylic acids is 2. The third-order valence-corrected chi connectivity index (χ3v) is 2.53. The maximum Gasteiger partial charge on any atom is 0.328 e. The molecule has 5 nitrogen and oxygen atoms in total. The predicted octanol–water partition coefficient (Wildman–Crippen LogP) is 1.12. The number of carbonyl (C=O) groups is 2. The molecule has 0 aliphatic carbocycles. The number of esters is 1. The second-order valence-electron chi connectivity index (χ2n) is 4.31. The molecule has 0 aliphatic rings. The number of hydrogen-bond donors (Lipinski definition) is 1. The molecule has 0 aromatic heterocycles. The van der Waals surface area contributed by atoms with Crippen molar-refractivity contribution >= 4 is 11.9 Å². The van der Waals surface area contributed by atoms with Gasteiger partial charge in [0.15, 0.2) is 0 Å². The molecule has 5 heteroatoms. The third kappa shape index (κ3) is 6.26. The zero-order chi connectivity index (χ0) is 13.4. The van der Waals surface area contributed by atoms with E-state index in [0.717, 1.165) is 6.42 Å². The lowest BCUT2D eigenvalue weighted by Crippen LogP contribution is -2.47. The second kappa shape index (κ2) is 8.06. The lowest BCUT2D eigenvalue weighted by Gasteiger charge is -2.22. The van der Waals surface area contributed by atoms with Crippen LogP contribution in [0.15, 0.2) is 0 Å². The van der Waals surface area contributed by atoms with Gasteiger partial charge >= 0.3 is 5.97 Å². The Morgan fingerprint density at radius 2 is 1.82 bits per heavy atom. The summed E-state index contributed by atoms with van der Waals surface area (Å²) in [5.74, 6) is -0.683. The van der Waals surface area contributed by atoms with Gasteiger partial charge in [-0.1, -0.05) is 20.3 Å². The first-order chi connectivity index (χ1) is 7.92. The quantitative estimate of drug-likeness (QED) is 0.682. The van der Waals surface area contributed by atoms with Gasteiger partial charge in [0.25, 0.3) is 0 Å². The fraction of sp³-hybridized carbons (Fsp3) is 0.833. The number of amides is 1. The Morgan fingerprint density at radius 1 is 1.24 bits per heavy atom. The average Bonchev–Trinajstić information content (AvgIpc) is 2.31. The van der Waals surface area contributed by atoms with Crippen LogP contribution in [0.4, 0.5) is 0 Å². The molecule has 2 atom stereocenters. The van der Waals surface area contributed by atoms with E-state index >= 15 is 0 Å². The highest BCUT2D eigenvalue weighted by Crippen LogP contribution is 2.09. The molecule has 0 rings (SSSR count). The van der Waals surface area contributed by atoms with Gasteiger partial charge in [-0.3, -0.25) is 4.79 Å². The molecule has 100 valence electrons. The second-order valence-corrected chi connectivity index (χ2v) is 4.31. The summed E-state index contributed by atoms with van der Waals surface area (Å²) in [5.41, 5.74) is 0. The average molecular weight is 245 g/mol. The number of ether oxygens (including phenoxy) is 2. The van der Waals surface area contributed by atoms with E-state index < -0.39 is 12.0 Å². The van der Waals surface area contributed by atoms with Crippen molar-refractivity contribution in [2.24, 2.45) is 5.92 Å². The summed E-state index contributed by atoms with van der Waals surface area (Å²) in [6.45, 7) is 7.50. The summed E-state index contributed by atoms with van der Waals surface area (Å²) in [5, 5.41) is 2.64. The Kier molecular flexibility index (Phi) is 7.54. The van der Waals surface area contributed by atoms with E-state index in [9.17, 15) is 9.59 Å². The normalized spacial score (nSPS) is 14.2. The molecular weight excluding hydrogens is 222 g/mol. The Morgan fingerprint density at radius 3 is 2.24 bits per heavy atom. The summed E-state index contributed by atoms with van der Waals surface area (Å²) >= 11 is 0. The number of methoxy groups -OCH3 is 1. The third-order valence-electron chi connectivity index (χ3n) is 2.53. The van der Waals surface area contributed by atoms with Gasteiger partial charge in [-0.25, -0.2) is 4.79 Å². The zero-order valence-corrected chi connectivity index (χ0v) is 11.3. The fourth-order valence-corrected chi connectivity index (χ4v) is 1.25. The highest BCUT2D eigenvalue weighted by Gasteiger charge is 2.26. The van der Waals surface area contributed by atoms with Crippen molar-refractivity contribution in [3.05, 3.63) is 0 Å². The molecule has 0 aromatic carbocycles. The predicted molar refractivity (Wildman–Crippen MR) is 64.5 cm³/mol. The largest absolute Gasteiger partial charge is 0.467 e. The lowest BCUT2D eigenvalue weighted by atomic mass is 9.99. The van der Waals surface area contributed by atoms with Crippen molar-refractivity contribution in [2.45, 2.75) is 46.3 Å². The maximum atomic E-state index is 11.6. The van der Waals surface area contributed by atoms with Crippen LogP contribution in [0.2, 0.25) is 0 Å². The van der Waals surface area contributed by atoms with Gasteiger partial charge in [-0.05, 0) is 19.8 Å². The highest BCUT2D eigenvalue weighted by molar-refractivity contribution is 5.85. The summed E-state index contributed by atoms with van der Waals surface area (Å²) in [4.78, 5) is 23.1. The molecule has 17 heavy (non-hydrogen) atoms. The van der Waals surface area contributed by atoms with E-state index in [0.29, 0.717) is 0 Å². The van der Waals surface area contributed by atoms with Crippen LogP contribution in [0.5, 0.6) is 0 Å². The van der Waals surface area contributed by atoms with Crippen molar-refractivity contribution in [3.63, 3.8) is 0 Å². The first-order valence-corrected chi connectivity index (χ1v) is 5.91. The van der Waals surface area contributed by atoms with Crippen molar-refractivity contribution in [1.82, 2.24) is 5.32 Å². The summed E-state index contributed by atoms with van der Waals surface area (Å²) in [6, 6.07) is -0.603. The minimum absolute atomic E-state index is 0.0130. The van der Waals surface area contributed by atoms with Crippen molar-refractivity contribution in [2.75, 3.05) is 13.7 Å². The van der Waals surface area contributed by atoms with Crippen LogP contribution in [-0.4, -0.2) is 37.7 Å². The van der Waals surface area contributed by atoms with Crippen LogP contribution >= 0.6 is 0 Å². The molecule has 0 saturated heterocycles. The fourth-order valence-electron chi connectivity index (χ4n) is 1.25. The molecule has 0 unspecified atom stereocenters. The van der Waals surface area contributed by atoms with Gasteiger partial charge < -0.3 is 14.8 Å². The van der Waals surface area contributed by atoms with Gasteiger partial charge in [-0.15, -0.1) is 0 Å². The smallest absolute Gasteiger partial charge is 0.328 e. The van der Waals surface area contributed by atoms with E-state index in [2.05, 4.69) is 10.1 Å². The minimum atomic E-state index is -0.603. The summed E-state index contributed by atoms with van der Waals surface area (Å²) in [6.07, 6.45) is 0.770. The van der Waals surface area contributed by atoms with E-state index in [4.69, 9.17) is 4.74 Å². The van der Waals surface area contributed by atoms with Crippen LogP contribution in [0.25, 0.3) is 0 Å². The maximum absolute atomic E-state index is 11.6. The molecule has 0 aromatic rings. The van der Waals surface area contributed by atoms with Crippen LogP contribution in [0.3, 0.4) is 0 Å². The molecule has 0 fully saturated rings. The molecule has 0 bridgehead atoms. The van der Waals surface area contributed by atoms with Crippen molar-refractivity contribution in [3.8, 4) is 0 Å². The highest BCUT2D eigenvalue weighted by atomic mass is 16.5. The molecule has 0 spiro atoms. The van der Waals surface area contributed by atoms with Gasteiger partial charge in [-0.2, -0.15) is 0 Å². The molecular formula is C12H23NO4. The lowest BCUT2D eigenvalue weighted by molar-refractivity contribution is -0.147. The van der Waals surface area contributed by atoms with E-state index in [1.54, 1.807) is 0 Å². The Labute approximate surface area is 103 Å². The van der Waals surface area contributed by atoms with Crippen LogP contribution in [0, 0.1) is 5.92 Å². The van der Waals surface area contributed by atoms with E-state index in [1.807, 2.05) is 27.7 Å². The zero-order valence-electron chi connectivity index (χ0n) is 11.3. The van der Waals surface area contributed by atoms with Crippen LogP contribution in [-0.2, 0) is 19.1 Å². The number of hydrogen-bond acceptors (Lipinski definition) is 4. The SMILES string of the molecule is CC[C@H](C)[C@H](NC(=O)COC(C)C)C(=O)OC. The van der Waals surface area contributed by atoms with E-state index in [-0.39, 0.29) is 24.5 Å². The number of nitrogens with one attached hydrogen (secondary N) is 1. The van der Waals surface area contributed by atoms with E-state index in [1.165, 1.54) is 7.11 Å². The van der Waals surface area contributed by atoms with Crippen molar-refractivity contribution < 1.29 is 19.1 Å². The van der Waals surface area contributed by atoms with Gasteiger partial charge in [0.1, 0.15) is 12.6 Å². The monoisotopic (exact) mass is 245 g/mol. The molecule has 0 heterocycles. The molecule has 0 aliphatic heterocycles. The summed E-state index contributed by atoms with van der Waals surface area (Å²) in [7, 11) is 1.31. The minimum Gasteiger partial charge on any atom is -0.467 e. The molecule has 0 radical (unpaired) electrons. The van der Waals surface area contributed by atoms with Crippen LogP contribution < -0.4 is 5.32 Å². The molecule has 1 amide bonds. The summed E-state index contributed by atoms with van der Waals surface area (Å²) < 4.78 is 9.83. The number of rotatable bonds is 7. The van der Waals surface area contributed by atoms with Crippen LogP contribution in [0.1, 0.15) is 34.1 Å². The van der Waals surface area contributed by atoms with Gasteiger partial charge in [0.05, 0.1) is 13.2 Å². The van der Waals surface area contributed by atoms with Gasteiger partial charge in [0, 0.05) is 0 Å². The van der Waals surface area contributed by atoms with Gasteiger partial charge in [0.2, 0.25) is 5.91 Å². The molecule has 1 N–H and O–H groups in total. The standard InChI is InChI=1S/C12H23NO4/c1-6-9(4)11(12(15)16-5)13-10(14)7-17-8(2)3/h8-9,11H,6-7H2,1-5H3,(H,13,14)/t9-,11-/m0/s1. The first kappa shape index (κ1) is 15.9. The Bertz CT molecular complexity index is 253. The Balaban J connectivity index is 4.33. The Hall–Kier alpha value is -1.10. The topological polar surface area (TPSA) is 64.6 Å². The van der Waals surface area contributed by atoms with Crippen molar-refractivity contribution in [1.29, 1.82) is 0 Å².